The third-order valence-electron chi connectivity index (χ3n) is 1.69. The monoisotopic (exact) mass is 334 g/mol. The zero-order valence-electron chi connectivity index (χ0n) is 7.56. The van der Waals surface area contributed by atoms with Gasteiger partial charge in [-0.3, -0.25) is 0 Å². The minimum absolute atomic E-state index is 0.0560. The van der Waals surface area contributed by atoms with Crippen LogP contribution in [-0.4, -0.2) is 10.7 Å². The summed E-state index contributed by atoms with van der Waals surface area (Å²) >= 11 is -1.19. The number of hydrogen-bond donors (Lipinski definition) is 1. The van der Waals surface area contributed by atoms with Crippen molar-refractivity contribution in [2.45, 2.75) is 10.1 Å². The molecule has 0 aliphatic carbocycles. The van der Waals surface area contributed by atoms with Crippen LogP contribution in [0.15, 0.2) is 24.3 Å². The summed E-state index contributed by atoms with van der Waals surface area (Å²) in [4.78, 5) is 0. The molecule has 0 spiro atoms. The Labute approximate surface area is 94.9 Å². The molecule has 0 saturated carbocycles. The van der Waals surface area contributed by atoms with Gasteiger partial charge in [-0.05, 0) is 0 Å². The molecule has 1 nitrogen and oxygen atoms in total. The van der Waals surface area contributed by atoms with Crippen LogP contribution in [0, 0.1) is 5.82 Å². The van der Waals surface area contributed by atoms with Crippen LogP contribution in [0.4, 0.5) is 17.6 Å². The molecule has 2 N–H and O–H groups in total. The van der Waals surface area contributed by atoms with Gasteiger partial charge in [-0.15, -0.1) is 0 Å². The van der Waals surface area contributed by atoms with E-state index in [0.717, 1.165) is 12.1 Å². The molecule has 0 radical (unpaired) electrons. The summed E-state index contributed by atoms with van der Waals surface area (Å²) in [6, 6.07) is 4.41. The SMILES string of the molecule is NC[I-]C(c1ccc(F)cc1)C(F)(F)F. The normalized spacial score (nSPS) is 14.2. The van der Waals surface area contributed by atoms with E-state index in [-0.39, 0.29) is 10.1 Å². The van der Waals surface area contributed by atoms with Crippen LogP contribution in [0.2, 0.25) is 0 Å². The molecule has 86 valence electrons. The van der Waals surface area contributed by atoms with Gasteiger partial charge in [-0.1, -0.05) is 0 Å². The standard InChI is InChI=1S/C9H9F4IN/c10-7-3-1-6(2-4-7)8(14-5-15)9(11,12)13/h1-4,8H,5,15H2/q-1. The van der Waals surface area contributed by atoms with Crippen molar-refractivity contribution < 1.29 is 38.8 Å². The molecule has 0 aromatic heterocycles. The van der Waals surface area contributed by atoms with E-state index in [1.54, 1.807) is 0 Å². The first-order valence-electron chi connectivity index (χ1n) is 4.05. The predicted octanol–water partition coefficient (Wildman–Crippen LogP) is -0.566. The fourth-order valence-electron chi connectivity index (χ4n) is 1.09. The van der Waals surface area contributed by atoms with E-state index in [0.29, 0.717) is 0 Å². The molecule has 1 atom stereocenters. The number of nitrogens with two attached hydrogens (primary N) is 1. The van der Waals surface area contributed by atoms with Crippen molar-refractivity contribution in [1.29, 1.82) is 0 Å². The Bertz CT molecular complexity index is 309. The van der Waals surface area contributed by atoms with Crippen LogP contribution in [-0.2, 0) is 0 Å². The van der Waals surface area contributed by atoms with Gasteiger partial charge in [-0.25, -0.2) is 0 Å². The third-order valence-corrected chi connectivity index (χ3v) is 4.51. The van der Waals surface area contributed by atoms with Gasteiger partial charge in [0.1, 0.15) is 0 Å². The zero-order chi connectivity index (χ0) is 11.5. The Morgan fingerprint density at radius 3 is 2.13 bits per heavy atom. The van der Waals surface area contributed by atoms with Crippen molar-refractivity contribution >= 4 is 0 Å². The maximum atomic E-state index is 12.6. The second kappa shape index (κ2) is 5.11. The van der Waals surface area contributed by atoms with Gasteiger partial charge in [0.2, 0.25) is 0 Å². The first kappa shape index (κ1) is 12.7. The van der Waals surface area contributed by atoms with Crippen LogP contribution >= 0.6 is 0 Å². The fraction of sp³-hybridized carbons (Fsp3) is 0.333. The summed E-state index contributed by atoms with van der Waals surface area (Å²) in [5.74, 6) is -0.536. The van der Waals surface area contributed by atoms with E-state index in [1.807, 2.05) is 0 Å². The summed E-state index contributed by atoms with van der Waals surface area (Å²) in [6.45, 7) is 0. The predicted molar refractivity (Wildman–Crippen MR) is 44.3 cm³/mol. The van der Waals surface area contributed by atoms with Crippen molar-refractivity contribution in [3.8, 4) is 0 Å². The zero-order valence-corrected chi connectivity index (χ0v) is 9.72. The molecule has 0 fully saturated rings. The first-order chi connectivity index (χ1) is 6.95. The second-order valence-electron chi connectivity index (χ2n) is 2.76. The molecule has 0 heterocycles. The molecule has 1 aromatic rings. The van der Waals surface area contributed by atoms with Crippen molar-refractivity contribution in [2.75, 3.05) is 4.55 Å². The van der Waals surface area contributed by atoms with Crippen LogP contribution in [0.25, 0.3) is 0 Å². The molecule has 0 bridgehead atoms. The average Bonchev–Trinajstić information content (AvgIpc) is 2.14. The Morgan fingerprint density at radius 1 is 1.20 bits per heavy atom. The third kappa shape index (κ3) is 3.60. The summed E-state index contributed by atoms with van der Waals surface area (Å²) in [5, 5.41) is 0. The molecule has 0 aliphatic rings. The van der Waals surface area contributed by atoms with Gasteiger partial charge in [0.05, 0.1) is 0 Å². The number of alkyl halides is 5. The number of benzene rings is 1. The summed E-state index contributed by atoms with van der Waals surface area (Å²) in [5.41, 5.74) is 5.27. The minimum atomic E-state index is -4.29. The molecular weight excluding hydrogens is 325 g/mol. The van der Waals surface area contributed by atoms with Gasteiger partial charge in [0, 0.05) is 0 Å². The first-order valence-corrected chi connectivity index (χ1v) is 6.82. The Hall–Kier alpha value is -0.370. The van der Waals surface area contributed by atoms with E-state index in [9.17, 15) is 17.6 Å². The Kier molecular flexibility index (Phi) is 4.32. The molecule has 0 saturated heterocycles. The van der Waals surface area contributed by atoms with Crippen molar-refractivity contribution in [3.63, 3.8) is 0 Å². The number of rotatable bonds is 3. The van der Waals surface area contributed by atoms with Gasteiger partial charge in [0.25, 0.3) is 0 Å². The van der Waals surface area contributed by atoms with Gasteiger partial charge in [0.15, 0.2) is 0 Å². The molecule has 0 aliphatic heterocycles. The van der Waals surface area contributed by atoms with E-state index in [2.05, 4.69) is 0 Å². The quantitative estimate of drug-likeness (QED) is 0.341. The Morgan fingerprint density at radius 2 is 1.73 bits per heavy atom. The van der Waals surface area contributed by atoms with E-state index >= 15 is 0 Å². The van der Waals surface area contributed by atoms with E-state index < -0.39 is 37.1 Å². The molecule has 1 unspecified atom stereocenters. The number of halogens is 5. The molecule has 15 heavy (non-hydrogen) atoms. The topological polar surface area (TPSA) is 26.0 Å². The summed E-state index contributed by atoms with van der Waals surface area (Å²) < 4.78 is 48.8. The number of hydrogen-bond acceptors (Lipinski definition) is 1. The summed E-state index contributed by atoms with van der Waals surface area (Å²) in [7, 11) is 0. The van der Waals surface area contributed by atoms with Crippen LogP contribution in [0.1, 0.15) is 9.49 Å². The fourth-order valence-corrected chi connectivity index (χ4v) is 3.02. The molecule has 0 amide bonds. The molecule has 1 rings (SSSR count). The van der Waals surface area contributed by atoms with Crippen LogP contribution < -0.4 is 26.9 Å². The maximum absolute atomic E-state index is 12.6. The van der Waals surface area contributed by atoms with Crippen molar-refractivity contribution in [1.82, 2.24) is 0 Å². The molecule has 1 aromatic carbocycles. The second-order valence-corrected chi connectivity index (χ2v) is 5.77. The van der Waals surface area contributed by atoms with E-state index in [4.69, 9.17) is 5.73 Å². The van der Waals surface area contributed by atoms with Gasteiger partial charge >= 0.3 is 94.8 Å². The average molecular weight is 334 g/mol. The van der Waals surface area contributed by atoms with Gasteiger partial charge in [-0.2, -0.15) is 0 Å². The Balaban J connectivity index is 2.94. The van der Waals surface area contributed by atoms with Crippen LogP contribution in [0.3, 0.4) is 0 Å². The van der Waals surface area contributed by atoms with Crippen molar-refractivity contribution in [3.05, 3.63) is 35.6 Å². The van der Waals surface area contributed by atoms with Gasteiger partial charge < -0.3 is 0 Å². The van der Waals surface area contributed by atoms with Crippen LogP contribution in [0.5, 0.6) is 0 Å². The molecular formula is C9H9F4IN-. The van der Waals surface area contributed by atoms with E-state index in [1.165, 1.54) is 12.1 Å². The summed E-state index contributed by atoms with van der Waals surface area (Å²) in [6.07, 6.45) is -4.29. The van der Waals surface area contributed by atoms with Crippen molar-refractivity contribution in [2.24, 2.45) is 5.73 Å². The molecule has 6 heteroatoms.